The van der Waals surface area contributed by atoms with Gasteiger partial charge in [-0.2, -0.15) is 0 Å². The minimum atomic E-state index is -1.06. The van der Waals surface area contributed by atoms with E-state index in [9.17, 15) is 9.59 Å². The zero-order chi connectivity index (χ0) is 30.5. The van der Waals surface area contributed by atoms with Gasteiger partial charge in [-0.05, 0) is 74.1 Å². The van der Waals surface area contributed by atoms with E-state index >= 15 is 0 Å². The topological polar surface area (TPSA) is 93.5 Å². The van der Waals surface area contributed by atoms with E-state index in [1.165, 1.54) is 0 Å². The molecule has 1 aromatic heterocycles. The maximum absolute atomic E-state index is 14.4. The van der Waals surface area contributed by atoms with Crippen LogP contribution >= 0.6 is 12.2 Å². The van der Waals surface area contributed by atoms with Gasteiger partial charge in [0.05, 0.1) is 38.6 Å². The van der Waals surface area contributed by atoms with Gasteiger partial charge in [0.2, 0.25) is 11.8 Å². The van der Waals surface area contributed by atoms with Gasteiger partial charge >= 0.3 is 0 Å². The molecule has 3 aromatic rings. The molecule has 3 saturated heterocycles. The molecule has 232 valence electrons. The molecule has 3 aliphatic rings. The predicted octanol–water partition coefficient (Wildman–Crippen LogP) is 3.48. The van der Waals surface area contributed by atoms with Gasteiger partial charge in [-0.25, -0.2) is 0 Å². The summed E-state index contributed by atoms with van der Waals surface area (Å²) < 4.78 is 11.2. The number of anilines is 2. The maximum atomic E-state index is 14.4. The second-order valence-corrected chi connectivity index (χ2v) is 12.2. The van der Waals surface area contributed by atoms with Gasteiger partial charge in [-0.15, -0.1) is 0 Å². The van der Waals surface area contributed by atoms with Crippen molar-refractivity contribution in [2.45, 2.75) is 31.0 Å². The summed E-state index contributed by atoms with van der Waals surface area (Å²) in [5, 5.41) is 7.06. The van der Waals surface area contributed by atoms with Crippen molar-refractivity contribution in [3.63, 3.8) is 0 Å². The molecule has 6 rings (SSSR count). The molecule has 4 heterocycles. The zero-order valence-electron chi connectivity index (χ0n) is 25.1. The summed E-state index contributed by atoms with van der Waals surface area (Å²) in [6.07, 6.45) is 2.60. The number of nitrogens with one attached hydrogen (secondary N) is 2. The Morgan fingerprint density at radius 3 is 2.41 bits per heavy atom. The molecule has 0 bridgehead atoms. The van der Waals surface area contributed by atoms with Crippen LogP contribution in [0.5, 0.6) is 0 Å². The van der Waals surface area contributed by atoms with Crippen molar-refractivity contribution >= 4 is 40.5 Å². The van der Waals surface area contributed by atoms with Crippen LogP contribution in [-0.4, -0.2) is 96.7 Å². The fourth-order valence-electron chi connectivity index (χ4n) is 6.32. The minimum Gasteiger partial charge on any atom is -0.467 e. The Labute approximate surface area is 263 Å². The lowest BCUT2D eigenvalue weighted by atomic mass is 9.84. The van der Waals surface area contributed by atoms with Crippen LogP contribution in [0.2, 0.25) is 0 Å². The Bertz CT molecular complexity index is 1420. The van der Waals surface area contributed by atoms with Crippen LogP contribution in [0.15, 0.2) is 77.4 Å². The Hall–Kier alpha value is -3.93. The van der Waals surface area contributed by atoms with Gasteiger partial charge in [0.15, 0.2) is 5.11 Å². The number of ether oxygens (including phenoxy) is 1. The van der Waals surface area contributed by atoms with Gasteiger partial charge in [0.25, 0.3) is 0 Å². The van der Waals surface area contributed by atoms with E-state index in [4.69, 9.17) is 21.4 Å². The molecule has 1 atom stereocenters. The first-order valence-electron chi connectivity index (χ1n) is 15.3. The molecule has 2 amide bonds. The number of morpholine rings is 1. The number of benzene rings is 2. The third kappa shape index (κ3) is 6.59. The summed E-state index contributed by atoms with van der Waals surface area (Å²) in [7, 11) is 2.04. The summed E-state index contributed by atoms with van der Waals surface area (Å²) in [6.45, 7) is 5.30. The quantitative estimate of drug-likeness (QED) is 0.351. The number of furan rings is 1. The third-order valence-electron chi connectivity index (χ3n) is 8.97. The molecule has 10 nitrogen and oxygen atoms in total. The van der Waals surface area contributed by atoms with Crippen LogP contribution in [-0.2, 0) is 20.9 Å². The van der Waals surface area contributed by atoms with Crippen LogP contribution in [0.25, 0.3) is 0 Å². The van der Waals surface area contributed by atoms with Crippen LogP contribution in [0, 0.1) is 0 Å². The Morgan fingerprint density at radius 2 is 1.73 bits per heavy atom. The number of carbonyl (C=O) groups excluding carboxylic acids is 2. The zero-order valence-corrected chi connectivity index (χ0v) is 25.9. The van der Waals surface area contributed by atoms with Crippen molar-refractivity contribution in [2.24, 2.45) is 0 Å². The first-order valence-corrected chi connectivity index (χ1v) is 15.7. The summed E-state index contributed by atoms with van der Waals surface area (Å²) in [6, 6.07) is 21.7. The van der Waals surface area contributed by atoms with Gasteiger partial charge in [-0.3, -0.25) is 9.59 Å². The summed E-state index contributed by atoms with van der Waals surface area (Å²) >= 11 is 5.66. The van der Waals surface area contributed by atoms with E-state index in [0.717, 1.165) is 24.3 Å². The van der Waals surface area contributed by atoms with Crippen LogP contribution in [0.3, 0.4) is 0 Å². The van der Waals surface area contributed by atoms with Gasteiger partial charge < -0.3 is 39.4 Å². The number of amides is 2. The number of hydrogen-bond acceptors (Lipinski definition) is 7. The van der Waals surface area contributed by atoms with Crippen LogP contribution in [0.1, 0.15) is 30.2 Å². The highest BCUT2D eigenvalue weighted by molar-refractivity contribution is 7.80. The van der Waals surface area contributed by atoms with Crippen LogP contribution in [0.4, 0.5) is 11.4 Å². The van der Waals surface area contributed by atoms with Crippen molar-refractivity contribution < 1.29 is 18.7 Å². The van der Waals surface area contributed by atoms with Crippen molar-refractivity contribution in [1.29, 1.82) is 0 Å². The number of carbonyl (C=O) groups is 2. The Morgan fingerprint density at radius 1 is 1.00 bits per heavy atom. The molecule has 11 heteroatoms. The molecule has 0 aliphatic carbocycles. The average Bonchev–Trinajstić information content (AvgIpc) is 3.71. The summed E-state index contributed by atoms with van der Waals surface area (Å²) in [5.41, 5.74) is 1.85. The lowest BCUT2D eigenvalue weighted by Gasteiger charge is -2.47. The van der Waals surface area contributed by atoms with E-state index in [1.807, 2.05) is 60.5 Å². The fourth-order valence-corrected chi connectivity index (χ4v) is 6.60. The molecule has 1 unspecified atom stereocenters. The normalized spacial score (nSPS) is 20.3. The monoisotopic (exact) mass is 616 g/mol. The molecule has 0 saturated carbocycles. The largest absolute Gasteiger partial charge is 0.467 e. The lowest BCUT2D eigenvalue weighted by molar-refractivity contribution is -0.150. The van der Waals surface area contributed by atoms with Crippen LogP contribution < -0.4 is 15.5 Å². The molecule has 2 aromatic carbocycles. The lowest BCUT2D eigenvalue weighted by Crippen LogP contribution is -2.64. The average molecular weight is 617 g/mol. The van der Waals surface area contributed by atoms with Crippen molar-refractivity contribution in [3.05, 3.63) is 84.3 Å². The first-order chi connectivity index (χ1) is 21.4. The highest BCUT2D eigenvalue weighted by atomic mass is 32.1. The molecule has 44 heavy (non-hydrogen) atoms. The number of likely N-dealkylation sites (tertiary alicyclic amines) is 1. The summed E-state index contributed by atoms with van der Waals surface area (Å²) in [4.78, 5) is 36.8. The van der Waals surface area contributed by atoms with Gasteiger partial charge in [0, 0.05) is 44.1 Å². The van der Waals surface area contributed by atoms with E-state index < -0.39 is 5.54 Å². The number of nitrogens with zero attached hydrogens (tertiary/aromatic N) is 4. The predicted molar refractivity (Wildman–Crippen MR) is 173 cm³/mol. The number of piperidine rings is 1. The van der Waals surface area contributed by atoms with Gasteiger partial charge in [0.1, 0.15) is 11.3 Å². The second-order valence-electron chi connectivity index (χ2n) is 11.8. The van der Waals surface area contributed by atoms with Crippen molar-refractivity contribution in [2.75, 3.05) is 69.7 Å². The standard InChI is InChI=1S/C33H40N6O4S/c1-36-15-13-33(14-16-36,31(41)34-26-9-11-27(12-10-26)37-17-20-42-21-18-37)39(22-28-8-5-19-43-28)30(40)24-38-23-29(35-32(38)44)25-6-3-2-4-7-25/h2-12,19,29H,13-18,20-24H2,1H3,(H,34,41)(H,35,44). The van der Waals surface area contributed by atoms with Gasteiger partial charge in [-0.1, -0.05) is 30.3 Å². The molecule has 3 fully saturated rings. The van der Waals surface area contributed by atoms with E-state index in [-0.39, 0.29) is 30.9 Å². The first kappa shape index (κ1) is 30.1. The molecular weight excluding hydrogens is 576 g/mol. The number of thiocarbonyl (C=S) groups is 1. The summed E-state index contributed by atoms with van der Waals surface area (Å²) in [5.74, 6) is 0.277. The van der Waals surface area contributed by atoms with E-state index in [0.29, 0.717) is 62.2 Å². The highest BCUT2D eigenvalue weighted by Gasteiger charge is 2.49. The fraction of sp³-hybridized carbons (Fsp3) is 0.424. The smallest absolute Gasteiger partial charge is 0.250 e. The minimum absolute atomic E-state index is 0.00366. The molecule has 2 N–H and O–H groups in total. The van der Waals surface area contributed by atoms with E-state index in [2.05, 4.69) is 32.6 Å². The van der Waals surface area contributed by atoms with E-state index in [1.54, 1.807) is 17.2 Å². The Kier molecular flexibility index (Phi) is 9.15. The maximum Gasteiger partial charge on any atom is 0.250 e. The molecular formula is C33H40N6O4S. The molecule has 3 aliphatic heterocycles. The highest BCUT2D eigenvalue weighted by Crippen LogP contribution is 2.33. The third-order valence-corrected chi connectivity index (χ3v) is 9.34. The van der Waals surface area contributed by atoms with Crippen molar-refractivity contribution in [1.82, 2.24) is 20.0 Å². The molecule has 0 radical (unpaired) electrons. The number of hydrogen-bond donors (Lipinski definition) is 2. The SMILES string of the molecule is CN1CCC(C(=O)Nc2ccc(N3CCOCC3)cc2)(N(Cc2ccco2)C(=O)CN2CC(c3ccccc3)NC2=S)CC1. The molecule has 0 spiro atoms. The number of rotatable bonds is 9. The second kappa shape index (κ2) is 13.4. The van der Waals surface area contributed by atoms with Crippen molar-refractivity contribution in [3.8, 4) is 0 Å². The Balaban J connectivity index is 1.24.